The van der Waals surface area contributed by atoms with Crippen LogP contribution in [-0.2, 0) is 4.79 Å². The van der Waals surface area contributed by atoms with Crippen LogP contribution in [0, 0.1) is 0 Å². The molecule has 1 heterocycles. The molecule has 2 amide bonds. The molecule has 7 nitrogen and oxygen atoms in total. The van der Waals surface area contributed by atoms with Crippen LogP contribution in [0.1, 0.15) is 6.42 Å². The van der Waals surface area contributed by atoms with E-state index in [1.807, 2.05) is 19.0 Å². The summed E-state index contributed by atoms with van der Waals surface area (Å²) in [4.78, 5) is 26.0. The van der Waals surface area contributed by atoms with Crippen LogP contribution < -0.4 is 5.32 Å². The van der Waals surface area contributed by atoms with Crippen molar-refractivity contribution in [3.63, 3.8) is 0 Å². The highest BCUT2D eigenvalue weighted by Crippen LogP contribution is 2.13. The molecule has 0 aliphatic carbocycles. The normalized spacial score (nSPS) is 21.6. The van der Waals surface area contributed by atoms with Crippen LogP contribution in [0.15, 0.2) is 0 Å². The second-order valence-corrected chi connectivity index (χ2v) is 4.38. The Hall–Kier alpha value is -1.34. The Kier molecular flexibility index (Phi) is 4.71. The predicted molar refractivity (Wildman–Crippen MR) is 60.7 cm³/mol. The number of rotatable bonds is 4. The minimum absolute atomic E-state index is 0.304. The van der Waals surface area contributed by atoms with Crippen LogP contribution in [0.5, 0.6) is 0 Å². The third-order valence-corrected chi connectivity index (χ3v) is 2.96. The summed E-state index contributed by atoms with van der Waals surface area (Å²) < 4.78 is 0. The van der Waals surface area contributed by atoms with E-state index in [4.69, 9.17) is 10.2 Å². The topological polar surface area (TPSA) is 93.1 Å². The molecule has 3 N–H and O–H groups in total. The fourth-order valence-electron chi connectivity index (χ4n) is 1.77. The molecule has 0 aromatic rings. The van der Waals surface area contributed by atoms with Gasteiger partial charge in [-0.15, -0.1) is 0 Å². The predicted octanol–water partition coefficient (Wildman–Crippen LogP) is -1.22. The molecule has 0 radical (unpaired) electrons. The Balaban J connectivity index is 2.47. The van der Waals surface area contributed by atoms with Crippen molar-refractivity contribution < 1.29 is 19.8 Å². The number of hydrogen-bond donors (Lipinski definition) is 3. The molecule has 0 bridgehead atoms. The molecule has 1 aliphatic heterocycles. The van der Waals surface area contributed by atoms with Gasteiger partial charge in [-0.05, 0) is 20.5 Å². The van der Waals surface area contributed by atoms with Crippen LogP contribution in [0.3, 0.4) is 0 Å². The second-order valence-electron chi connectivity index (χ2n) is 4.38. The number of aliphatic hydroxyl groups is 1. The average Bonchev–Trinajstić information content (AvgIpc) is 2.74. The molecule has 0 saturated carbocycles. The van der Waals surface area contributed by atoms with Gasteiger partial charge in [-0.1, -0.05) is 0 Å². The molecule has 7 heteroatoms. The highest BCUT2D eigenvalue weighted by molar-refractivity contribution is 5.82. The van der Waals surface area contributed by atoms with Gasteiger partial charge in [0.1, 0.15) is 0 Å². The summed E-state index contributed by atoms with van der Waals surface area (Å²) in [5.41, 5.74) is 0. The smallest absolute Gasteiger partial charge is 0.328 e. The first-order valence-corrected chi connectivity index (χ1v) is 5.51. The van der Waals surface area contributed by atoms with E-state index in [2.05, 4.69) is 5.32 Å². The van der Waals surface area contributed by atoms with Crippen molar-refractivity contribution in [2.24, 2.45) is 0 Å². The number of carbonyl (C=O) groups is 2. The van der Waals surface area contributed by atoms with Crippen LogP contribution in [-0.4, -0.2) is 77.9 Å². The molecule has 2 atom stereocenters. The van der Waals surface area contributed by atoms with E-state index in [0.717, 1.165) is 6.42 Å². The molecule has 17 heavy (non-hydrogen) atoms. The summed E-state index contributed by atoms with van der Waals surface area (Å²) in [6, 6.07) is -1.37. The van der Waals surface area contributed by atoms with Crippen molar-refractivity contribution in [2.75, 3.05) is 33.8 Å². The second kappa shape index (κ2) is 5.83. The van der Waals surface area contributed by atoms with E-state index in [1.165, 1.54) is 0 Å². The standard InChI is InChI=1S/C10H19N3O4/c1-12(2)7-3-4-13(5-7)10(17)11-8(6-14)9(15)16/h7-8,14H,3-6H2,1-2H3,(H,11,17)(H,15,16)/t7?,8-/m1/s1. The number of nitrogens with one attached hydrogen (secondary N) is 1. The van der Waals surface area contributed by atoms with Crippen molar-refractivity contribution in [2.45, 2.75) is 18.5 Å². The fourth-order valence-corrected chi connectivity index (χ4v) is 1.77. The van der Waals surface area contributed by atoms with Crippen molar-refractivity contribution >= 4 is 12.0 Å². The van der Waals surface area contributed by atoms with Crippen LogP contribution in [0.2, 0.25) is 0 Å². The number of likely N-dealkylation sites (tertiary alicyclic amines) is 1. The molecule has 0 spiro atoms. The Morgan fingerprint density at radius 3 is 2.59 bits per heavy atom. The van der Waals surface area contributed by atoms with Crippen LogP contribution >= 0.6 is 0 Å². The number of carbonyl (C=O) groups excluding carboxylic acids is 1. The summed E-state index contributed by atoms with van der Waals surface area (Å²) in [6.45, 7) is 0.578. The van der Waals surface area contributed by atoms with Gasteiger partial charge in [-0.25, -0.2) is 9.59 Å². The van der Waals surface area contributed by atoms with Crippen molar-refractivity contribution in [1.29, 1.82) is 0 Å². The zero-order valence-electron chi connectivity index (χ0n) is 10.1. The molecular weight excluding hydrogens is 226 g/mol. The van der Waals surface area contributed by atoms with E-state index >= 15 is 0 Å². The lowest BCUT2D eigenvalue weighted by Gasteiger charge is -2.22. The van der Waals surface area contributed by atoms with Gasteiger partial charge < -0.3 is 25.3 Å². The third-order valence-electron chi connectivity index (χ3n) is 2.96. The monoisotopic (exact) mass is 245 g/mol. The number of carboxylic acids is 1. The highest BCUT2D eigenvalue weighted by Gasteiger charge is 2.29. The zero-order chi connectivity index (χ0) is 13.0. The molecule has 1 rings (SSSR count). The van der Waals surface area contributed by atoms with Gasteiger partial charge in [0, 0.05) is 19.1 Å². The van der Waals surface area contributed by atoms with Gasteiger partial charge in [-0.2, -0.15) is 0 Å². The summed E-state index contributed by atoms with van der Waals surface area (Å²) in [6.07, 6.45) is 0.872. The first-order valence-electron chi connectivity index (χ1n) is 5.51. The largest absolute Gasteiger partial charge is 0.480 e. The summed E-state index contributed by atoms with van der Waals surface area (Å²) in [5, 5.41) is 19.8. The Morgan fingerprint density at radius 2 is 2.18 bits per heavy atom. The molecule has 1 saturated heterocycles. The maximum atomic E-state index is 11.7. The van der Waals surface area contributed by atoms with Crippen molar-refractivity contribution in [3.05, 3.63) is 0 Å². The lowest BCUT2D eigenvalue weighted by Crippen LogP contribution is -2.49. The van der Waals surface area contributed by atoms with Gasteiger partial charge in [-0.3, -0.25) is 0 Å². The summed E-state index contributed by atoms with van der Waals surface area (Å²) in [5.74, 6) is -1.23. The summed E-state index contributed by atoms with van der Waals surface area (Å²) >= 11 is 0. The van der Waals surface area contributed by atoms with Crippen LogP contribution in [0.25, 0.3) is 0 Å². The third kappa shape index (κ3) is 3.57. The van der Waals surface area contributed by atoms with Crippen molar-refractivity contribution in [3.8, 4) is 0 Å². The number of aliphatic hydroxyl groups excluding tert-OH is 1. The van der Waals surface area contributed by atoms with Gasteiger partial charge in [0.2, 0.25) is 0 Å². The first kappa shape index (κ1) is 13.7. The number of aliphatic carboxylic acids is 1. The first-order chi connectivity index (χ1) is 7.95. The minimum Gasteiger partial charge on any atom is -0.480 e. The van der Waals surface area contributed by atoms with Gasteiger partial charge in [0.15, 0.2) is 6.04 Å². The fraction of sp³-hybridized carbons (Fsp3) is 0.800. The molecule has 1 aliphatic rings. The lowest BCUT2D eigenvalue weighted by atomic mass is 10.2. The van der Waals surface area contributed by atoms with Crippen molar-refractivity contribution in [1.82, 2.24) is 15.1 Å². The lowest BCUT2D eigenvalue weighted by molar-refractivity contribution is -0.140. The maximum Gasteiger partial charge on any atom is 0.328 e. The highest BCUT2D eigenvalue weighted by atomic mass is 16.4. The minimum atomic E-state index is -1.24. The number of urea groups is 1. The molecule has 1 fully saturated rings. The molecule has 1 unspecified atom stereocenters. The van der Waals surface area contributed by atoms with Gasteiger partial charge >= 0.3 is 12.0 Å². The maximum absolute atomic E-state index is 11.7. The number of carboxylic acid groups (broad SMARTS) is 1. The molecule has 0 aromatic carbocycles. The van der Waals surface area contributed by atoms with E-state index in [0.29, 0.717) is 19.1 Å². The van der Waals surface area contributed by atoms with E-state index in [1.54, 1.807) is 4.90 Å². The number of amides is 2. The molecule has 98 valence electrons. The Labute approximate surface area is 100.0 Å². The van der Waals surface area contributed by atoms with Gasteiger partial charge in [0.25, 0.3) is 0 Å². The van der Waals surface area contributed by atoms with E-state index in [9.17, 15) is 9.59 Å². The Morgan fingerprint density at radius 1 is 1.53 bits per heavy atom. The SMILES string of the molecule is CN(C)C1CCN(C(=O)N[C@H](CO)C(=O)O)C1. The number of hydrogen-bond acceptors (Lipinski definition) is 4. The zero-order valence-corrected chi connectivity index (χ0v) is 10.1. The Bertz CT molecular complexity index is 295. The quantitative estimate of drug-likeness (QED) is 0.577. The van der Waals surface area contributed by atoms with E-state index in [-0.39, 0.29) is 0 Å². The number of nitrogens with zero attached hydrogens (tertiary/aromatic N) is 2. The van der Waals surface area contributed by atoms with Gasteiger partial charge in [0.05, 0.1) is 6.61 Å². The van der Waals surface area contributed by atoms with Crippen LogP contribution in [0.4, 0.5) is 4.79 Å². The number of likely N-dealkylation sites (N-methyl/N-ethyl adjacent to an activating group) is 1. The molecular formula is C10H19N3O4. The summed E-state index contributed by atoms with van der Waals surface area (Å²) in [7, 11) is 3.89. The average molecular weight is 245 g/mol. The molecule has 0 aromatic heterocycles. The van der Waals surface area contributed by atoms with E-state index < -0.39 is 24.6 Å².